The normalized spacial score (nSPS) is 15.4. The van der Waals surface area contributed by atoms with Crippen LogP contribution in [0.3, 0.4) is 0 Å². The van der Waals surface area contributed by atoms with Crippen molar-refractivity contribution in [3.63, 3.8) is 0 Å². The van der Waals surface area contributed by atoms with Crippen LogP contribution in [0.4, 0.5) is 0 Å². The minimum Gasteiger partial charge on any atom is -0.229 e. The first-order valence-corrected chi connectivity index (χ1v) is 4.75. The van der Waals surface area contributed by atoms with E-state index < -0.39 is 10.0 Å². The SMILES string of the molecule is CCC(Cl)CS(N)(=O)=O. The molecular formula is C4H10ClNO2S. The second-order valence-electron chi connectivity index (χ2n) is 1.84. The average molecular weight is 172 g/mol. The molecule has 0 radical (unpaired) electrons. The summed E-state index contributed by atoms with van der Waals surface area (Å²) in [6, 6.07) is 0. The van der Waals surface area contributed by atoms with Crippen LogP contribution in [-0.2, 0) is 10.0 Å². The number of halogens is 1. The highest BCUT2D eigenvalue weighted by molar-refractivity contribution is 7.89. The smallest absolute Gasteiger partial charge is 0.210 e. The standard InChI is InChI=1S/C4H10ClNO2S/c1-2-4(5)3-9(6,7)8/h4H,2-3H2,1H3,(H2,6,7,8). The third-order valence-electron chi connectivity index (χ3n) is 0.856. The Morgan fingerprint density at radius 3 is 2.22 bits per heavy atom. The molecule has 0 aliphatic heterocycles. The molecule has 0 rings (SSSR count). The van der Waals surface area contributed by atoms with Gasteiger partial charge in [0.1, 0.15) is 0 Å². The number of rotatable bonds is 3. The van der Waals surface area contributed by atoms with Crippen LogP contribution in [0, 0.1) is 0 Å². The fourth-order valence-electron chi connectivity index (χ4n) is 0.370. The number of alkyl halides is 1. The monoisotopic (exact) mass is 171 g/mol. The molecule has 0 amide bonds. The van der Waals surface area contributed by atoms with Crippen molar-refractivity contribution in [2.24, 2.45) is 5.14 Å². The maximum atomic E-state index is 10.3. The lowest BCUT2D eigenvalue weighted by Crippen LogP contribution is -2.22. The summed E-state index contributed by atoms with van der Waals surface area (Å²) in [6.45, 7) is 1.81. The van der Waals surface area contributed by atoms with Gasteiger partial charge in [-0.2, -0.15) is 0 Å². The predicted octanol–water partition coefficient (Wildman–Crippen LogP) is 0.292. The van der Waals surface area contributed by atoms with Gasteiger partial charge in [-0.1, -0.05) is 6.92 Å². The highest BCUT2D eigenvalue weighted by Gasteiger charge is 2.09. The minimum absolute atomic E-state index is 0.134. The fraction of sp³-hybridized carbons (Fsp3) is 1.00. The Kier molecular flexibility index (Phi) is 3.46. The van der Waals surface area contributed by atoms with Crippen LogP contribution in [0.15, 0.2) is 0 Å². The van der Waals surface area contributed by atoms with Crippen LogP contribution >= 0.6 is 11.6 Å². The van der Waals surface area contributed by atoms with E-state index in [0.717, 1.165) is 0 Å². The molecule has 5 heteroatoms. The van der Waals surface area contributed by atoms with Gasteiger partial charge in [0, 0.05) is 5.38 Å². The third-order valence-corrected chi connectivity index (χ3v) is 2.37. The topological polar surface area (TPSA) is 60.2 Å². The van der Waals surface area contributed by atoms with E-state index in [-0.39, 0.29) is 11.1 Å². The second-order valence-corrected chi connectivity index (χ2v) is 4.11. The number of hydrogen-bond acceptors (Lipinski definition) is 2. The summed E-state index contributed by atoms with van der Waals surface area (Å²) in [5.41, 5.74) is 0. The van der Waals surface area contributed by atoms with E-state index >= 15 is 0 Å². The van der Waals surface area contributed by atoms with E-state index in [9.17, 15) is 8.42 Å². The molecule has 0 aromatic heterocycles. The van der Waals surface area contributed by atoms with Crippen LogP contribution in [0.25, 0.3) is 0 Å². The molecule has 0 aliphatic rings. The number of primary sulfonamides is 1. The second kappa shape index (κ2) is 3.39. The van der Waals surface area contributed by atoms with Gasteiger partial charge in [0.2, 0.25) is 10.0 Å². The minimum atomic E-state index is -3.37. The van der Waals surface area contributed by atoms with Crippen molar-refractivity contribution in [3.8, 4) is 0 Å². The molecule has 0 saturated carbocycles. The maximum absolute atomic E-state index is 10.3. The molecular weight excluding hydrogens is 162 g/mol. The van der Waals surface area contributed by atoms with Crippen LogP contribution in [0.1, 0.15) is 13.3 Å². The zero-order valence-corrected chi connectivity index (χ0v) is 6.74. The highest BCUT2D eigenvalue weighted by atomic mass is 35.5. The molecule has 2 N–H and O–H groups in total. The van der Waals surface area contributed by atoms with Gasteiger partial charge in [-0.05, 0) is 6.42 Å². The summed E-state index contributed by atoms with van der Waals surface area (Å²) in [6.07, 6.45) is 0.623. The first-order chi connectivity index (χ1) is 3.95. The summed E-state index contributed by atoms with van der Waals surface area (Å²) >= 11 is 5.49. The van der Waals surface area contributed by atoms with Crippen LogP contribution in [-0.4, -0.2) is 19.5 Å². The van der Waals surface area contributed by atoms with E-state index in [1.165, 1.54) is 0 Å². The van der Waals surface area contributed by atoms with Crippen LogP contribution in [0.5, 0.6) is 0 Å². The molecule has 0 spiro atoms. The van der Waals surface area contributed by atoms with E-state index in [1.807, 2.05) is 6.92 Å². The van der Waals surface area contributed by atoms with E-state index in [0.29, 0.717) is 6.42 Å². The molecule has 3 nitrogen and oxygen atoms in total. The number of sulfonamides is 1. The average Bonchev–Trinajstić information content (AvgIpc) is 1.62. The van der Waals surface area contributed by atoms with Gasteiger partial charge in [-0.3, -0.25) is 0 Å². The molecule has 0 aromatic rings. The van der Waals surface area contributed by atoms with E-state index in [2.05, 4.69) is 0 Å². The summed E-state index contributed by atoms with van der Waals surface area (Å²) in [5.74, 6) is -0.134. The Bertz CT molecular complexity index is 165. The molecule has 0 saturated heterocycles. The molecule has 0 aromatic carbocycles. The van der Waals surface area contributed by atoms with Gasteiger partial charge in [0.05, 0.1) is 5.75 Å². The first kappa shape index (κ1) is 9.20. The molecule has 9 heavy (non-hydrogen) atoms. The Hall–Kier alpha value is 0.200. The number of hydrogen-bond donors (Lipinski definition) is 1. The van der Waals surface area contributed by atoms with Gasteiger partial charge in [0.15, 0.2) is 0 Å². The van der Waals surface area contributed by atoms with E-state index in [1.54, 1.807) is 0 Å². The van der Waals surface area contributed by atoms with Gasteiger partial charge in [0.25, 0.3) is 0 Å². The Labute approximate surface area is 60.2 Å². The van der Waals surface area contributed by atoms with Crippen LogP contribution < -0.4 is 5.14 Å². The van der Waals surface area contributed by atoms with Crippen LogP contribution in [0.2, 0.25) is 0 Å². The lowest BCUT2D eigenvalue weighted by atomic mass is 10.4. The Morgan fingerprint density at radius 2 is 2.11 bits per heavy atom. The summed E-state index contributed by atoms with van der Waals surface area (Å²) in [7, 11) is -3.37. The van der Waals surface area contributed by atoms with E-state index in [4.69, 9.17) is 16.7 Å². The molecule has 1 atom stereocenters. The quantitative estimate of drug-likeness (QED) is 0.621. The maximum Gasteiger partial charge on any atom is 0.210 e. The van der Waals surface area contributed by atoms with Crippen molar-refractivity contribution in [2.45, 2.75) is 18.7 Å². The van der Waals surface area contributed by atoms with Gasteiger partial charge < -0.3 is 0 Å². The van der Waals surface area contributed by atoms with Crippen molar-refractivity contribution >= 4 is 21.6 Å². The summed E-state index contributed by atoms with van der Waals surface area (Å²) in [5, 5.41) is 4.35. The van der Waals surface area contributed by atoms with Crippen molar-refractivity contribution in [1.29, 1.82) is 0 Å². The fourth-order valence-corrected chi connectivity index (χ4v) is 1.64. The molecule has 0 aliphatic carbocycles. The Balaban J connectivity index is 3.75. The van der Waals surface area contributed by atoms with Crippen molar-refractivity contribution in [2.75, 3.05) is 5.75 Å². The number of nitrogens with two attached hydrogens (primary N) is 1. The molecule has 0 fully saturated rings. The molecule has 1 unspecified atom stereocenters. The first-order valence-electron chi connectivity index (χ1n) is 2.60. The lowest BCUT2D eigenvalue weighted by Gasteiger charge is -2.01. The Morgan fingerprint density at radius 1 is 1.67 bits per heavy atom. The molecule has 56 valence electrons. The van der Waals surface area contributed by atoms with Gasteiger partial charge >= 0.3 is 0 Å². The zero-order valence-electron chi connectivity index (χ0n) is 5.17. The van der Waals surface area contributed by atoms with Crippen molar-refractivity contribution in [3.05, 3.63) is 0 Å². The lowest BCUT2D eigenvalue weighted by molar-refractivity contribution is 0.595. The largest absolute Gasteiger partial charge is 0.229 e. The summed E-state index contributed by atoms with van der Waals surface area (Å²) < 4.78 is 20.6. The van der Waals surface area contributed by atoms with Crippen molar-refractivity contribution in [1.82, 2.24) is 0 Å². The zero-order chi connectivity index (χ0) is 7.49. The van der Waals surface area contributed by atoms with Gasteiger partial charge in [-0.25, -0.2) is 13.6 Å². The highest BCUT2D eigenvalue weighted by Crippen LogP contribution is 2.01. The predicted molar refractivity (Wildman–Crippen MR) is 37.9 cm³/mol. The summed E-state index contributed by atoms with van der Waals surface area (Å²) in [4.78, 5) is 0. The molecule has 0 bridgehead atoms. The van der Waals surface area contributed by atoms with Crippen molar-refractivity contribution < 1.29 is 8.42 Å². The van der Waals surface area contributed by atoms with Gasteiger partial charge in [-0.15, -0.1) is 11.6 Å². The molecule has 0 heterocycles. The third kappa shape index (κ3) is 6.08.